The number of fused-ring (bicyclic) bond motifs is 3. The molecule has 3 aromatic rings. The van der Waals surface area contributed by atoms with E-state index < -0.39 is 0 Å². The maximum Gasteiger partial charge on any atom is 0.150 e. The average molecular weight is 377 g/mol. The van der Waals surface area contributed by atoms with Crippen LogP contribution in [-0.2, 0) is 13.0 Å². The molecule has 0 bridgehead atoms. The molecule has 2 aromatic carbocycles. The smallest absolute Gasteiger partial charge is 0.150 e. The second-order valence-corrected chi connectivity index (χ2v) is 6.99. The molecule has 1 aliphatic heterocycles. The standard InChI is InChI=1S/C12H13ClN2.C7H5ClO2/c1-15-5-4-9-10-6-8(13)2-3-11(10)14-12(9)7-15;8-6-1-5(4-9)2-7(10)3-6/h2-3,6,14H,4-5,7H2,1H3;1-4,10H. The van der Waals surface area contributed by atoms with E-state index in [2.05, 4.69) is 29.1 Å². The van der Waals surface area contributed by atoms with E-state index in [1.807, 2.05) is 6.07 Å². The predicted octanol–water partition coefficient (Wildman–Crippen LogP) is 4.67. The Hall–Kier alpha value is -2.01. The van der Waals surface area contributed by atoms with Gasteiger partial charge in [0.25, 0.3) is 0 Å². The number of aldehydes is 1. The van der Waals surface area contributed by atoms with Gasteiger partial charge in [-0.25, -0.2) is 0 Å². The predicted molar refractivity (Wildman–Crippen MR) is 102 cm³/mol. The number of carbonyl (C=O) groups is 1. The van der Waals surface area contributed by atoms with E-state index in [-0.39, 0.29) is 5.75 Å². The first-order valence-electron chi connectivity index (χ1n) is 7.88. The van der Waals surface area contributed by atoms with E-state index in [0.29, 0.717) is 16.9 Å². The minimum Gasteiger partial charge on any atom is -0.508 e. The second-order valence-electron chi connectivity index (χ2n) is 6.12. The fraction of sp³-hybridized carbons (Fsp3) is 0.211. The Labute approximate surface area is 156 Å². The van der Waals surface area contributed by atoms with Gasteiger partial charge >= 0.3 is 0 Å². The summed E-state index contributed by atoms with van der Waals surface area (Å²) in [5, 5.41) is 11.4. The lowest BCUT2D eigenvalue weighted by Crippen LogP contribution is -2.26. The van der Waals surface area contributed by atoms with E-state index in [0.717, 1.165) is 24.5 Å². The number of phenols is 1. The second kappa shape index (κ2) is 7.48. The maximum atomic E-state index is 10.1. The summed E-state index contributed by atoms with van der Waals surface area (Å²) in [5.41, 5.74) is 4.39. The summed E-state index contributed by atoms with van der Waals surface area (Å²) in [6, 6.07) is 10.3. The Bertz CT molecular complexity index is 901. The van der Waals surface area contributed by atoms with E-state index in [9.17, 15) is 4.79 Å². The van der Waals surface area contributed by atoms with Crippen LogP contribution < -0.4 is 0 Å². The number of nitrogens with one attached hydrogen (secondary N) is 1. The first-order valence-corrected chi connectivity index (χ1v) is 8.64. The van der Waals surface area contributed by atoms with Crippen LogP contribution in [0, 0.1) is 0 Å². The lowest BCUT2D eigenvalue weighted by atomic mass is 10.0. The molecule has 2 heterocycles. The molecule has 0 spiro atoms. The molecule has 0 atom stereocenters. The Morgan fingerprint density at radius 1 is 1.16 bits per heavy atom. The molecular formula is C19H18Cl2N2O2. The van der Waals surface area contributed by atoms with Crippen LogP contribution in [0.25, 0.3) is 10.9 Å². The number of nitrogens with zero attached hydrogens (tertiary/aromatic N) is 1. The van der Waals surface area contributed by atoms with Crippen LogP contribution in [0.5, 0.6) is 5.75 Å². The number of hydrogen-bond acceptors (Lipinski definition) is 3. The summed E-state index contributed by atoms with van der Waals surface area (Å²) in [6.07, 6.45) is 1.75. The van der Waals surface area contributed by atoms with Crippen LogP contribution in [0.15, 0.2) is 36.4 Å². The number of aromatic hydroxyl groups is 1. The number of benzene rings is 2. The fourth-order valence-electron chi connectivity index (χ4n) is 3.01. The molecule has 1 aromatic heterocycles. The van der Waals surface area contributed by atoms with Crippen molar-refractivity contribution >= 4 is 40.4 Å². The van der Waals surface area contributed by atoms with E-state index in [4.69, 9.17) is 28.3 Å². The van der Waals surface area contributed by atoms with Crippen molar-refractivity contribution < 1.29 is 9.90 Å². The number of phenolic OH excluding ortho intramolecular Hbond substituents is 1. The van der Waals surface area contributed by atoms with E-state index >= 15 is 0 Å². The number of likely N-dealkylation sites (N-methyl/N-ethyl adjacent to an activating group) is 1. The molecule has 0 saturated heterocycles. The number of aromatic amines is 1. The van der Waals surface area contributed by atoms with Crippen LogP contribution in [0.4, 0.5) is 0 Å². The monoisotopic (exact) mass is 376 g/mol. The van der Waals surface area contributed by atoms with Crippen molar-refractivity contribution in [2.24, 2.45) is 0 Å². The summed E-state index contributed by atoms with van der Waals surface area (Å²) < 4.78 is 0. The Balaban J connectivity index is 0.000000160. The molecule has 25 heavy (non-hydrogen) atoms. The fourth-order valence-corrected chi connectivity index (χ4v) is 3.42. The number of aromatic nitrogens is 1. The molecule has 6 heteroatoms. The van der Waals surface area contributed by atoms with E-state index in [1.54, 1.807) is 0 Å². The maximum absolute atomic E-state index is 10.1. The van der Waals surface area contributed by atoms with Gasteiger partial charge in [0.05, 0.1) is 0 Å². The van der Waals surface area contributed by atoms with Gasteiger partial charge in [0.15, 0.2) is 0 Å². The van der Waals surface area contributed by atoms with Gasteiger partial charge in [-0.05, 0) is 55.4 Å². The molecule has 4 rings (SSSR count). The van der Waals surface area contributed by atoms with Crippen LogP contribution >= 0.6 is 23.2 Å². The zero-order valence-electron chi connectivity index (χ0n) is 13.7. The Morgan fingerprint density at radius 3 is 2.68 bits per heavy atom. The molecule has 2 N–H and O–H groups in total. The lowest BCUT2D eigenvalue weighted by Gasteiger charge is -2.22. The van der Waals surface area contributed by atoms with Crippen LogP contribution in [0.3, 0.4) is 0 Å². The Kier molecular flexibility index (Phi) is 5.33. The van der Waals surface area contributed by atoms with Gasteiger partial charge < -0.3 is 15.0 Å². The number of carbonyl (C=O) groups excluding carboxylic acids is 1. The van der Waals surface area contributed by atoms with Crippen molar-refractivity contribution in [3.05, 3.63) is 63.3 Å². The third-order valence-corrected chi connectivity index (χ3v) is 4.62. The quantitative estimate of drug-likeness (QED) is 0.606. The van der Waals surface area contributed by atoms with Gasteiger partial charge in [-0.3, -0.25) is 4.79 Å². The highest BCUT2D eigenvalue weighted by molar-refractivity contribution is 6.31. The highest BCUT2D eigenvalue weighted by atomic mass is 35.5. The molecular weight excluding hydrogens is 359 g/mol. The van der Waals surface area contributed by atoms with Crippen molar-refractivity contribution in [3.8, 4) is 5.75 Å². The molecule has 0 amide bonds. The largest absolute Gasteiger partial charge is 0.508 e. The number of rotatable bonds is 1. The first kappa shape index (κ1) is 17.8. The molecule has 0 aliphatic carbocycles. The molecule has 1 aliphatic rings. The summed E-state index contributed by atoms with van der Waals surface area (Å²) >= 11 is 11.5. The topological polar surface area (TPSA) is 56.3 Å². The zero-order chi connectivity index (χ0) is 18.0. The molecule has 0 unspecified atom stereocenters. The number of H-pyrrole nitrogens is 1. The molecule has 130 valence electrons. The minimum absolute atomic E-state index is 0.00889. The van der Waals surface area contributed by atoms with Crippen molar-refractivity contribution in [3.63, 3.8) is 0 Å². The van der Waals surface area contributed by atoms with Gasteiger partial charge in [0, 0.05) is 45.3 Å². The highest BCUT2D eigenvalue weighted by Gasteiger charge is 2.17. The van der Waals surface area contributed by atoms with Crippen LogP contribution in [-0.4, -0.2) is 34.9 Å². The molecule has 0 saturated carbocycles. The lowest BCUT2D eigenvalue weighted by molar-refractivity contribution is 0.112. The van der Waals surface area contributed by atoms with Gasteiger partial charge in [0.1, 0.15) is 12.0 Å². The summed E-state index contributed by atoms with van der Waals surface area (Å²) in [4.78, 5) is 15.9. The number of hydrogen-bond donors (Lipinski definition) is 2. The van der Waals surface area contributed by atoms with E-state index in [1.165, 1.54) is 40.4 Å². The summed E-state index contributed by atoms with van der Waals surface area (Å²) in [5.74, 6) is 0.00889. The normalized spacial score (nSPS) is 13.9. The van der Waals surface area contributed by atoms with Crippen molar-refractivity contribution in [1.82, 2.24) is 9.88 Å². The highest BCUT2D eigenvalue weighted by Crippen LogP contribution is 2.29. The van der Waals surface area contributed by atoms with Crippen molar-refractivity contribution in [2.75, 3.05) is 13.6 Å². The minimum atomic E-state index is 0.00889. The average Bonchev–Trinajstić information content (AvgIpc) is 2.91. The third-order valence-electron chi connectivity index (χ3n) is 4.17. The van der Waals surface area contributed by atoms with Gasteiger partial charge in [-0.1, -0.05) is 23.2 Å². The van der Waals surface area contributed by atoms with Crippen LogP contribution in [0.2, 0.25) is 10.0 Å². The summed E-state index contributed by atoms with van der Waals surface area (Å²) in [7, 11) is 2.15. The number of halogens is 2. The van der Waals surface area contributed by atoms with Crippen LogP contribution in [0.1, 0.15) is 21.6 Å². The molecule has 4 nitrogen and oxygen atoms in total. The Morgan fingerprint density at radius 2 is 1.96 bits per heavy atom. The van der Waals surface area contributed by atoms with Gasteiger partial charge in [0.2, 0.25) is 0 Å². The third kappa shape index (κ3) is 4.15. The van der Waals surface area contributed by atoms with Gasteiger partial charge in [-0.2, -0.15) is 0 Å². The summed E-state index contributed by atoms with van der Waals surface area (Å²) in [6.45, 7) is 2.15. The zero-order valence-corrected chi connectivity index (χ0v) is 15.2. The SMILES string of the molecule is CN1CCc2c([nH]c3ccc(Cl)cc23)C1.O=Cc1cc(O)cc(Cl)c1. The molecule has 0 radical (unpaired) electrons. The van der Waals surface area contributed by atoms with Gasteiger partial charge in [-0.15, -0.1) is 0 Å². The van der Waals surface area contributed by atoms with Crippen molar-refractivity contribution in [1.29, 1.82) is 0 Å². The van der Waals surface area contributed by atoms with Crippen molar-refractivity contribution in [2.45, 2.75) is 13.0 Å². The molecule has 0 fully saturated rings. The first-order chi connectivity index (χ1) is 12.0.